The molecular formula is C25H32N4O5S. The van der Waals surface area contributed by atoms with Crippen molar-refractivity contribution in [2.45, 2.75) is 24.3 Å². The number of hydrogen-bond donors (Lipinski definition) is 0. The third-order valence-corrected chi connectivity index (χ3v) is 8.74. The summed E-state index contributed by atoms with van der Waals surface area (Å²) >= 11 is 0. The molecule has 188 valence electrons. The second-order valence-electron chi connectivity index (χ2n) is 9.42. The first kappa shape index (κ1) is 23.9. The highest BCUT2D eigenvalue weighted by atomic mass is 32.2. The van der Waals surface area contributed by atoms with Crippen LogP contribution in [0.3, 0.4) is 0 Å². The zero-order valence-corrected chi connectivity index (χ0v) is 21.1. The number of piperazine rings is 1. The zero-order chi connectivity index (χ0) is 24.6. The van der Waals surface area contributed by atoms with Crippen molar-refractivity contribution < 1.29 is 22.7 Å². The first-order chi connectivity index (χ1) is 16.8. The van der Waals surface area contributed by atoms with Crippen LogP contribution < -0.4 is 14.4 Å². The van der Waals surface area contributed by atoms with Crippen molar-refractivity contribution in [1.82, 2.24) is 14.1 Å². The molecule has 0 unspecified atom stereocenters. The van der Waals surface area contributed by atoms with Gasteiger partial charge in [0.1, 0.15) is 0 Å². The Kier molecular flexibility index (Phi) is 6.61. The SMILES string of the molecule is CN(C)S(=O)(=O)c1ccc(N2CCCC2)c(C(=O)N2CCN(Cc3ccc4c(c3)OCO4)CC2)c1. The van der Waals surface area contributed by atoms with E-state index >= 15 is 0 Å². The lowest BCUT2D eigenvalue weighted by molar-refractivity contribution is 0.0629. The molecule has 0 aromatic heterocycles. The Balaban J connectivity index is 1.31. The summed E-state index contributed by atoms with van der Waals surface area (Å²) in [7, 11) is -0.626. The molecule has 2 fully saturated rings. The van der Waals surface area contributed by atoms with Crippen molar-refractivity contribution in [1.29, 1.82) is 0 Å². The number of carbonyl (C=O) groups is 1. The zero-order valence-electron chi connectivity index (χ0n) is 20.3. The maximum Gasteiger partial charge on any atom is 0.256 e. The first-order valence-electron chi connectivity index (χ1n) is 12.0. The van der Waals surface area contributed by atoms with E-state index in [4.69, 9.17) is 9.47 Å². The molecule has 2 saturated heterocycles. The van der Waals surface area contributed by atoms with Crippen LogP contribution in [0, 0.1) is 0 Å². The van der Waals surface area contributed by atoms with Crippen LogP contribution in [0.25, 0.3) is 0 Å². The summed E-state index contributed by atoms with van der Waals surface area (Å²) in [4.78, 5) is 20.2. The second kappa shape index (κ2) is 9.67. The van der Waals surface area contributed by atoms with Crippen LogP contribution in [0.5, 0.6) is 11.5 Å². The Bertz CT molecular complexity index is 1200. The number of rotatable bonds is 6. The number of ether oxygens (including phenoxy) is 2. The van der Waals surface area contributed by atoms with Gasteiger partial charge in [-0.15, -0.1) is 0 Å². The molecule has 3 aliphatic rings. The first-order valence-corrected chi connectivity index (χ1v) is 13.5. The van der Waals surface area contributed by atoms with Gasteiger partial charge in [0.15, 0.2) is 11.5 Å². The summed E-state index contributed by atoms with van der Waals surface area (Å²) in [5.74, 6) is 1.44. The average Bonchev–Trinajstić information content (AvgIpc) is 3.56. The van der Waals surface area contributed by atoms with Gasteiger partial charge in [-0.1, -0.05) is 6.07 Å². The van der Waals surface area contributed by atoms with Crippen LogP contribution in [-0.2, 0) is 16.6 Å². The van der Waals surface area contributed by atoms with Crippen LogP contribution >= 0.6 is 0 Å². The van der Waals surface area contributed by atoms with Crippen LogP contribution in [0.4, 0.5) is 5.69 Å². The monoisotopic (exact) mass is 500 g/mol. The number of fused-ring (bicyclic) bond motifs is 1. The van der Waals surface area contributed by atoms with E-state index in [1.54, 1.807) is 18.2 Å². The molecule has 0 N–H and O–H groups in total. The normalized spacial score (nSPS) is 18.5. The minimum Gasteiger partial charge on any atom is -0.454 e. The molecule has 1 amide bonds. The van der Waals surface area contributed by atoms with E-state index < -0.39 is 10.0 Å². The van der Waals surface area contributed by atoms with Crippen molar-refractivity contribution in [3.05, 3.63) is 47.5 Å². The van der Waals surface area contributed by atoms with E-state index in [2.05, 4.69) is 9.80 Å². The topological polar surface area (TPSA) is 82.6 Å². The fraction of sp³-hybridized carbons (Fsp3) is 0.480. The van der Waals surface area contributed by atoms with Crippen molar-refractivity contribution in [2.75, 3.05) is 65.1 Å². The summed E-state index contributed by atoms with van der Waals surface area (Å²) in [6, 6.07) is 11.0. The van der Waals surface area contributed by atoms with Crippen molar-refractivity contribution in [3.63, 3.8) is 0 Å². The number of benzene rings is 2. The third-order valence-electron chi connectivity index (χ3n) is 6.93. The summed E-state index contributed by atoms with van der Waals surface area (Å²) in [6.07, 6.45) is 2.15. The van der Waals surface area contributed by atoms with Crippen LogP contribution in [0.15, 0.2) is 41.3 Å². The van der Waals surface area contributed by atoms with Gasteiger partial charge in [-0.2, -0.15) is 0 Å². The Labute approximate surface area is 206 Å². The smallest absolute Gasteiger partial charge is 0.256 e. The van der Waals surface area contributed by atoms with E-state index in [0.717, 1.165) is 68.3 Å². The molecule has 0 bridgehead atoms. The molecule has 10 heteroatoms. The van der Waals surface area contributed by atoms with Crippen molar-refractivity contribution >= 4 is 21.6 Å². The van der Waals surface area contributed by atoms with E-state index in [9.17, 15) is 13.2 Å². The van der Waals surface area contributed by atoms with E-state index in [0.29, 0.717) is 18.7 Å². The van der Waals surface area contributed by atoms with Gasteiger partial charge >= 0.3 is 0 Å². The fourth-order valence-electron chi connectivity index (χ4n) is 4.87. The van der Waals surface area contributed by atoms with Gasteiger partial charge in [-0.3, -0.25) is 9.69 Å². The van der Waals surface area contributed by atoms with Gasteiger partial charge in [0.25, 0.3) is 5.91 Å². The Morgan fingerprint density at radius 1 is 0.914 bits per heavy atom. The second-order valence-corrected chi connectivity index (χ2v) is 11.6. The lowest BCUT2D eigenvalue weighted by atomic mass is 10.1. The number of hydrogen-bond acceptors (Lipinski definition) is 7. The molecule has 0 saturated carbocycles. The molecule has 9 nitrogen and oxygen atoms in total. The van der Waals surface area contributed by atoms with Crippen LogP contribution in [0.2, 0.25) is 0 Å². The largest absolute Gasteiger partial charge is 0.454 e. The number of carbonyl (C=O) groups excluding carboxylic acids is 1. The van der Waals surface area contributed by atoms with Gasteiger partial charge < -0.3 is 19.3 Å². The Morgan fingerprint density at radius 2 is 1.63 bits per heavy atom. The van der Waals surface area contributed by atoms with Gasteiger partial charge in [-0.25, -0.2) is 12.7 Å². The minimum absolute atomic E-state index is 0.106. The highest BCUT2D eigenvalue weighted by Gasteiger charge is 2.29. The minimum atomic E-state index is -3.64. The molecule has 3 heterocycles. The van der Waals surface area contributed by atoms with E-state index in [-0.39, 0.29) is 17.6 Å². The summed E-state index contributed by atoms with van der Waals surface area (Å²) in [5.41, 5.74) is 2.44. The van der Waals surface area contributed by atoms with Crippen LogP contribution in [-0.4, -0.2) is 88.6 Å². The fourth-order valence-corrected chi connectivity index (χ4v) is 5.80. The molecule has 0 spiro atoms. The number of sulfonamides is 1. The quantitative estimate of drug-likeness (QED) is 0.602. The van der Waals surface area contributed by atoms with Crippen molar-refractivity contribution in [2.24, 2.45) is 0 Å². The highest BCUT2D eigenvalue weighted by Crippen LogP contribution is 2.33. The summed E-state index contributed by atoms with van der Waals surface area (Å²) in [6.45, 7) is 5.46. The number of anilines is 1. The predicted molar refractivity (Wildman–Crippen MR) is 133 cm³/mol. The van der Waals surface area contributed by atoms with E-state index in [1.165, 1.54) is 18.4 Å². The van der Waals surface area contributed by atoms with Gasteiger partial charge in [0.2, 0.25) is 16.8 Å². The lowest BCUT2D eigenvalue weighted by Gasteiger charge is -2.35. The third kappa shape index (κ3) is 4.82. The average molecular weight is 501 g/mol. The Morgan fingerprint density at radius 3 is 2.34 bits per heavy atom. The predicted octanol–water partition coefficient (Wildman–Crippen LogP) is 2.22. The van der Waals surface area contributed by atoms with Gasteiger partial charge in [-0.05, 0) is 48.7 Å². The maximum absolute atomic E-state index is 13.7. The van der Waals surface area contributed by atoms with Crippen LogP contribution in [0.1, 0.15) is 28.8 Å². The lowest BCUT2D eigenvalue weighted by Crippen LogP contribution is -2.48. The summed E-state index contributed by atoms with van der Waals surface area (Å²) in [5, 5.41) is 0. The molecule has 0 atom stereocenters. The molecular weight excluding hydrogens is 468 g/mol. The Hall–Kier alpha value is -2.82. The molecule has 2 aromatic carbocycles. The van der Waals surface area contributed by atoms with Gasteiger partial charge in [0.05, 0.1) is 10.5 Å². The molecule has 35 heavy (non-hydrogen) atoms. The van der Waals surface area contributed by atoms with Crippen molar-refractivity contribution in [3.8, 4) is 11.5 Å². The molecule has 3 aliphatic heterocycles. The summed E-state index contributed by atoms with van der Waals surface area (Å²) < 4.78 is 37.6. The maximum atomic E-state index is 13.7. The standard InChI is InChI=1S/C25H32N4O5S/c1-26(2)35(31,32)20-6-7-22(28-9-3-4-10-28)21(16-20)25(30)29-13-11-27(12-14-29)17-19-5-8-23-24(15-19)34-18-33-23/h5-8,15-16H,3-4,9-14,17-18H2,1-2H3. The molecule has 0 radical (unpaired) electrons. The number of nitrogens with zero attached hydrogens (tertiary/aromatic N) is 4. The van der Waals surface area contributed by atoms with Gasteiger partial charge in [0, 0.05) is 65.6 Å². The molecule has 0 aliphatic carbocycles. The van der Waals surface area contributed by atoms with E-state index in [1.807, 2.05) is 23.1 Å². The highest BCUT2D eigenvalue weighted by molar-refractivity contribution is 7.89. The molecule has 2 aromatic rings. The number of amides is 1. The molecule has 5 rings (SSSR count).